The second-order valence-electron chi connectivity index (χ2n) is 12.7. The summed E-state index contributed by atoms with van der Waals surface area (Å²) in [5.74, 6) is 1.08. The largest absolute Gasteiger partial charge is 0.353 e. The predicted octanol–water partition coefficient (Wildman–Crippen LogP) is 7.14. The van der Waals surface area contributed by atoms with Gasteiger partial charge in [0.25, 0.3) is 0 Å². The van der Waals surface area contributed by atoms with Gasteiger partial charge in [0.15, 0.2) is 0 Å². The third-order valence-electron chi connectivity index (χ3n) is 8.41. The number of hydrogen-bond acceptors (Lipinski definition) is 2. The molecular weight excluding hydrogens is 380 g/mol. The van der Waals surface area contributed by atoms with Crippen LogP contribution in [0.1, 0.15) is 136 Å². The smallest absolute Gasteiger partial charge is 0.221 e. The third-order valence-corrected chi connectivity index (χ3v) is 8.41. The summed E-state index contributed by atoms with van der Waals surface area (Å²) < 4.78 is 0. The first-order valence-electron chi connectivity index (χ1n) is 13.9. The Hall–Kier alpha value is -0.570. The number of nitrogens with one attached hydrogen (secondary N) is 2. The highest BCUT2D eigenvalue weighted by Crippen LogP contribution is 2.42. The van der Waals surface area contributed by atoms with Crippen molar-refractivity contribution in [3.63, 3.8) is 0 Å². The highest BCUT2D eigenvalue weighted by atomic mass is 16.1. The lowest BCUT2D eigenvalue weighted by Gasteiger charge is -2.42. The molecule has 3 rings (SSSR count). The van der Waals surface area contributed by atoms with Crippen molar-refractivity contribution >= 4 is 5.91 Å². The number of amides is 1. The van der Waals surface area contributed by atoms with Gasteiger partial charge in [0.2, 0.25) is 5.91 Å². The van der Waals surface area contributed by atoms with Crippen molar-refractivity contribution in [1.82, 2.24) is 10.6 Å². The Morgan fingerprint density at radius 2 is 1.55 bits per heavy atom. The van der Waals surface area contributed by atoms with Gasteiger partial charge in [-0.25, -0.2) is 0 Å². The van der Waals surface area contributed by atoms with Gasteiger partial charge in [0, 0.05) is 18.5 Å². The molecule has 0 bridgehead atoms. The molecule has 2 aliphatic carbocycles. The minimum atomic E-state index is 0.299. The number of hydrogen-bond donors (Lipinski definition) is 2. The molecule has 0 aromatic heterocycles. The second kappa shape index (κ2) is 12.1. The molecule has 3 heteroatoms. The second-order valence-corrected chi connectivity index (χ2v) is 12.7. The van der Waals surface area contributed by atoms with Gasteiger partial charge in [-0.1, -0.05) is 85.0 Å². The topological polar surface area (TPSA) is 41.1 Å². The molecule has 180 valence electrons. The SMILES string of the molecule is CC(C)(C)CC1CCCC(NC(=O)CC2CC3(CCCCCCCCCC3)CCN2)C1. The van der Waals surface area contributed by atoms with Crippen molar-refractivity contribution in [2.45, 2.75) is 148 Å². The van der Waals surface area contributed by atoms with Crippen molar-refractivity contribution in [2.75, 3.05) is 6.54 Å². The van der Waals surface area contributed by atoms with E-state index in [1.807, 2.05) is 0 Å². The molecule has 0 aromatic carbocycles. The fraction of sp³-hybridized carbons (Fsp3) is 0.964. The zero-order chi connectivity index (χ0) is 22.2. The number of carbonyl (C=O) groups excluding carboxylic acids is 1. The summed E-state index contributed by atoms with van der Waals surface area (Å²) in [6.07, 6.45) is 23.6. The van der Waals surface area contributed by atoms with Gasteiger partial charge < -0.3 is 10.6 Å². The van der Waals surface area contributed by atoms with Gasteiger partial charge >= 0.3 is 0 Å². The fourth-order valence-electron chi connectivity index (χ4n) is 7.01. The Balaban J connectivity index is 1.47. The molecule has 3 fully saturated rings. The van der Waals surface area contributed by atoms with Crippen LogP contribution >= 0.6 is 0 Å². The van der Waals surface area contributed by atoms with Gasteiger partial charge in [0.1, 0.15) is 0 Å². The molecule has 1 amide bonds. The van der Waals surface area contributed by atoms with E-state index in [1.54, 1.807) is 0 Å². The summed E-state index contributed by atoms with van der Waals surface area (Å²) in [4.78, 5) is 13.0. The van der Waals surface area contributed by atoms with Crippen molar-refractivity contribution in [3.05, 3.63) is 0 Å². The first kappa shape index (κ1) is 25.1. The Bertz CT molecular complexity index is 526. The lowest BCUT2D eigenvalue weighted by molar-refractivity contribution is -0.123. The Morgan fingerprint density at radius 1 is 0.903 bits per heavy atom. The van der Waals surface area contributed by atoms with Gasteiger partial charge in [-0.3, -0.25) is 4.79 Å². The Kier molecular flexibility index (Phi) is 9.74. The number of carbonyl (C=O) groups is 1. The van der Waals surface area contributed by atoms with Gasteiger partial charge in [-0.15, -0.1) is 0 Å². The number of piperidine rings is 1. The van der Waals surface area contributed by atoms with E-state index < -0.39 is 0 Å². The van der Waals surface area contributed by atoms with E-state index in [2.05, 4.69) is 31.4 Å². The van der Waals surface area contributed by atoms with Crippen LogP contribution in [0.2, 0.25) is 0 Å². The normalized spacial score (nSPS) is 31.0. The molecule has 3 nitrogen and oxygen atoms in total. The quantitative estimate of drug-likeness (QED) is 0.495. The Morgan fingerprint density at radius 3 is 2.19 bits per heavy atom. The zero-order valence-electron chi connectivity index (χ0n) is 21.1. The fourth-order valence-corrected chi connectivity index (χ4v) is 7.01. The molecule has 31 heavy (non-hydrogen) atoms. The highest BCUT2D eigenvalue weighted by molar-refractivity contribution is 5.77. The lowest BCUT2D eigenvalue weighted by atomic mass is 9.69. The van der Waals surface area contributed by atoms with E-state index in [1.165, 1.54) is 109 Å². The van der Waals surface area contributed by atoms with Crippen LogP contribution in [-0.4, -0.2) is 24.5 Å². The van der Waals surface area contributed by atoms with E-state index in [0.29, 0.717) is 35.2 Å². The highest BCUT2D eigenvalue weighted by Gasteiger charge is 2.36. The van der Waals surface area contributed by atoms with Crippen LogP contribution in [0.5, 0.6) is 0 Å². The molecule has 0 aromatic rings. The van der Waals surface area contributed by atoms with Crippen molar-refractivity contribution in [2.24, 2.45) is 16.7 Å². The minimum Gasteiger partial charge on any atom is -0.353 e. The first-order valence-corrected chi connectivity index (χ1v) is 13.9. The van der Waals surface area contributed by atoms with E-state index in [-0.39, 0.29) is 0 Å². The molecule has 1 aliphatic heterocycles. The molecule has 1 saturated heterocycles. The van der Waals surface area contributed by atoms with Gasteiger partial charge in [-0.05, 0) is 68.2 Å². The minimum absolute atomic E-state index is 0.299. The average molecular weight is 433 g/mol. The standard InChI is InChI=1S/C28H52N2O/c1-27(2,3)21-23-13-12-14-24(19-23)30-26(31)20-25-22-28(17-18-29-25)15-10-8-6-4-5-7-9-11-16-28/h23-25,29H,4-22H2,1-3H3,(H,30,31). The third kappa shape index (κ3) is 9.06. The first-order chi connectivity index (χ1) is 14.8. The summed E-state index contributed by atoms with van der Waals surface area (Å²) in [6, 6.07) is 0.788. The molecule has 3 unspecified atom stereocenters. The monoisotopic (exact) mass is 432 g/mol. The van der Waals surface area contributed by atoms with E-state index in [4.69, 9.17) is 0 Å². The molecular formula is C28H52N2O. The van der Waals surface area contributed by atoms with E-state index in [0.717, 1.165) is 12.5 Å². The summed E-state index contributed by atoms with van der Waals surface area (Å²) in [5.41, 5.74) is 0.897. The molecule has 1 heterocycles. The summed E-state index contributed by atoms with van der Waals surface area (Å²) in [7, 11) is 0. The molecule has 1 spiro atoms. The van der Waals surface area contributed by atoms with Gasteiger partial charge in [-0.2, -0.15) is 0 Å². The molecule has 0 radical (unpaired) electrons. The van der Waals surface area contributed by atoms with Crippen LogP contribution in [0.25, 0.3) is 0 Å². The van der Waals surface area contributed by atoms with Crippen LogP contribution in [0, 0.1) is 16.7 Å². The molecule has 2 N–H and O–H groups in total. The Labute approximate surface area is 193 Å². The maximum atomic E-state index is 13.0. The summed E-state index contributed by atoms with van der Waals surface area (Å²) >= 11 is 0. The van der Waals surface area contributed by atoms with Crippen molar-refractivity contribution < 1.29 is 4.79 Å². The van der Waals surface area contributed by atoms with Gasteiger partial charge in [0.05, 0.1) is 0 Å². The van der Waals surface area contributed by atoms with Crippen LogP contribution in [0.3, 0.4) is 0 Å². The molecule has 3 atom stereocenters. The van der Waals surface area contributed by atoms with Crippen LogP contribution in [0.15, 0.2) is 0 Å². The lowest BCUT2D eigenvalue weighted by Crippen LogP contribution is -2.47. The van der Waals surface area contributed by atoms with E-state index >= 15 is 0 Å². The summed E-state index contributed by atoms with van der Waals surface area (Å²) in [6.45, 7) is 8.15. The van der Waals surface area contributed by atoms with E-state index in [9.17, 15) is 4.79 Å². The maximum Gasteiger partial charge on any atom is 0.221 e. The number of rotatable bonds is 4. The zero-order valence-corrected chi connectivity index (χ0v) is 21.1. The van der Waals surface area contributed by atoms with Crippen LogP contribution < -0.4 is 10.6 Å². The maximum absolute atomic E-state index is 13.0. The summed E-state index contributed by atoms with van der Waals surface area (Å²) in [5, 5.41) is 7.16. The molecule has 2 saturated carbocycles. The van der Waals surface area contributed by atoms with Crippen molar-refractivity contribution in [3.8, 4) is 0 Å². The van der Waals surface area contributed by atoms with Crippen LogP contribution in [-0.2, 0) is 4.79 Å². The van der Waals surface area contributed by atoms with Crippen LogP contribution in [0.4, 0.5) is 0 Å². The van der Waals surface area contributed by atoms with Crippen molar-refractivity contribution in [1.29, 1.82) is 0 Å². The average Bonchev–Trinajstić information content (AvgIpc) is 2.73. The molecule has 3 aliphatic rings. The predicted molar refractivity (Wildman–Crippen MR) is 132 cm³/mol.